The number of rotatable bonds is 53. The third-order valence-corrected chi connectivity index (χ3v) is 13.5. The molecule has 0 aromatic carbocycles. The molecule has 0 saturated heterocycles. The van der Waals surface area contributed by atoms with Crippen molar-refractivity contribution < 1.29 is 37.3 Å². The molecule has 0 aromatic heterocycles. The van der Waals surface area contributed by atoms with Gasteiger partial charge in [-0.1, -0.05) is 224 Å². The minimum absolute atomic E-state index is 0.0899. The van der Waals surface area contributed by atoms with Crippen LogP contribution in [0.25, 0.3) is 0 Å². The van der Waals surface area contributed by atoms with Crippen LogP contribution in [-0.4, -0.2) is 75.6 Å². The Morgan fingerprint density at radius 1 is 0.462 bits per heavy atom. The molecule has 0 spiro atoms. The van der Waals surface area contributed by atoms with Gasteiger partial charge >= 0.3 is 13.8 Å². The maximum atomic E-state index is 12.8. The van der Waals surface area contributed by atoms with Crippen molar-refractivity contribution in [1.82, 2.24) is 0 Å². The van der Waals surface area contributed by atoms with Crippen molar-refractivity contribution in [3.8, 4) is 0 Å². The van der Waals surface area contributed by atoms with E-state index < -0.39 is 13.9 Å². The number of hydrogen-bond acceptors (Lipinski definition) is 6. The number of allylic oxidation sites excluding steroid dienone is 4. The zero-order valence-corrected chi connectivity index (χ0v) is 44.9. The Hall–Kier alpha value is -1.02. The number of likely N-dealkylation sites (N-methyl/N-ethyl adjacent to an activating group) is 1. The first kappa shape index (κ1) is 64.0. The molecule has 0 amide bonds. The summed E-state index contributed by atoms with van der Waals surface area (Å²) in [6.07, 6.45) is 59.5. The fraction of sp³-hybridized carbons (Fsp3) is 0.911. The van der Waals surface area contributed by atoms with Gasteiger partial charge in [-0.25, -0.2) is 4.57 Å². The number of carbonyl (C=O) groups excluding carboxylic acids is 1. The van der Waals surface area contributed by atoms with Gasteiger partial charge in [-0.05, 0) is 64.2 Å². The lowest BCUT2D eigenvalue weighted by Crippen LogP contribution is -2.37. The Morgan fingerprint density at radius 2 is 0.800 bits per heavy atom. The van der Waals surface area contributed by atoms with Crippen LogP contribution in [0.15, 0.2) is 24.3 Å². The van der Waals surface area contributed by atoms with Crippen LogP contribution < -0.4 is 0 Å². The lowest BCUT2D eigenvalue weighted by molar-refractivity contribution is -0.870. The first-order valence-electron chi connectivity index (χ1n) is 28.1. The SMILES string of the molecule is CCCCCCCC/C=C\CCCCCCCCCC(=O)OC(COCCCCCCCCCCCCCCCC/C=C\CCCCCCCCCC)COP(=O)(O)OCC[N+](C)(C)C. The molecule has 65 heavy (non-hydrogen) atoms. The van der Waals surface area contributed by atoms with Gasteiger partial charge in [-0.3, -0.25) is 13.8 Å². The molecule has 0 rings (SSSR count). The van der Waals surface area contributed by atoms with Gasteiger partial charge in [0, 0.05) is 13.0 Å². The first-order chi connectivity index (χ1) is 31.6. The number of carbonyl (C=O) groups is 1. The van der Waals surface area contributed by atoms with Gasteiger partial charge in [-0.15, -0.1) is 0 Å². The molecule has 0 aliphatic carbocycles. The van der Waals surface area contributed by atoms with E-state index in [1.54, 1.807) is 0 Å². The van der Waals surface area contributed by atoms with E-state index in [9.17, 15) is 14.3 Å². The molecule has 0 bridgehead atoms. The molecule has 0 aromatic rings. The Bertz CT molecular complexity index is 1090. The third kappa shape index (κ3) is 53.8. The molecule has 1 N–H and O–H groups in total. The molecule has 2 atom stereocenters. The van der Waals surface area contributed by atoms with Crippen molar-refractivity contribution in [2.75, 3.05) is 54.1 Å². The van der Waals surface area contributed by atoms with Crippen LogP contribution in [0.3, 0.4) is 0 Å². The van der Waals surface area contributed by atoms with Gasteiger partial charge in [0.1, 0.15) is 19.3 Å². The molecule has 2 unspecified atom stereocenters. The summed E-state index contributed by atoms with van der Waals surface area (Å²) in [6.45, 7) is 5.67. The van der Waals surface area contributed by atoms with Crippen LogP contribution in [0.4, 0.5) is 0 Å². The van der Waals surface area contributed by atoms with Crippen LogP contribution >= 0.6 is 7.82 Å². The van der Waals surface area contributed by atoms with E-state index in [1.165, 1.54) is 218 Å². The fourth-order valence-corrected chi connectivity index (χ4v) is 8.87. The Labute approximate surface area is 404 Å². The number of quaternary nitrogens is 1. The van der Waals surface area contributed by atoms with Crippen LogP contribution in [-0.2, 0) is 27.9 Å². The predicted octanol–water partition coefficient (Wildman–Crippen LogP) is 17.5. The minimum atomic E-state index is -4.28. The number of nitrogens with zero attached hydrogens (tertiary/aromatic N) is 1. The van der Waals surface area contributed by atoms with Gasteiger partial charge in [0.05, 0.1) is 34.4 Å². The van der Waals surface area contributed by atoms with Crippen LogP contribution in [0, 0.1) is 0 Å². The van der Waals surface area contributed by atoms with Crippen LogP contribution in [0.5, 0.6) is 0 Å². The molecule has 0 aliphatic heterocycles. The van der Waals surface area contributed by atoms with E-state index in [4.69, 9.17) is 18.5 Å². The molecular formula is C56H111NO7P+. The van der Waals surface area contributed by atoms with Gasteiger partial charge in [-0.2, -0.15) is 0 Å². The summed E-state index contributed by atoms with van der Waals surface area (Å²) in [7, 11) is 1.68. The molecule has 8 nitrogen and oxygen atoms in total. The number of phosphoric acid groups is 1. The average Bonchev–Trinajstić information content (AvgIpc) is 3.27. The predicted molar refractivity (Wildman–Crippen MR) is 280 cm³/mol. The summed E-state index contributed by atoms with van der Waals surface area (Å²) in [6, 6.07) is 0. The smallest absolute Gasteiger partial charge is 0.457 e. The Kier molecular flexibility index (Phi) is 48.6. The molecule has 386 valence electrons. The normalized spacial score (nSPS) is 13.6. The van der Waals surface area contributed by atoms with Gasteiger partial charge < -0.3 is 18.9 Å². The molecule has 0 radical (unpaired) electrons. The van der Waals surface area contributed by atoms with E-state index in [0.29, 0.717) is 24.1 Å². The topological polar surface area (TPSA) is 91.3 Å². The third-order valence-electron chi connectivity index (χ3n) is 12.5. The summed E-state index contributed by atoms with van der Waals surface area (Å²) in [5.74, 6) is -0.313. The highest BCUT2D eigenvalue weighted by Crippen LogP contribution is 2.43. The lowest BCUT2D eigenvalue weighted by Gasteiger charge is -2.24. The lowest BCUT2D eigenvalue weighted by atomic mass is 10.0. The van der Waals surface area contributed by atoms with Crippen molar-refractivity contribution in [3.05, 3.63) is 24.3 Å². The van der Waals surface area contributed by atoms with Crippen molar-refractivity contribution in [1.29, 1.82) is 0 Å². The summed E-state index contributed by atoms with van der Waals surface area (Å²) in [5.41, 5.74) is 0. The largest absolute Gasteiger partial charge is 0.472 e. The van der Waals surface area contributed by atoms with Gasteiger partial charge in [0.15, 0.2) is 0 Å². The Morgan fingerprint density at radius 3 is 1.17 bits per heavy atom. The Balaban J connectivity index is 4.03. The molecule has 0 aliphatic rings. The number of hydrogen-bond donors (Lipinski definition) is 1. The fourth-order valence-electron chi connectivity index (χ4n) is 8.13. The highest BCUT2D eigenvalue weighted by Gasteiger charge is 2.26. The molecule has 0 fully saturated rings. The maximum Gasteiger partial charge on any atom is 0.472 e. The number of ether oxygens (including phenoxy) is 2. The van der Waals surface area contributed by atoms with Crippen molar-refractivity contribution >= 4 is 13.8 Å². The highest BCUT2D eigenvalue weighted by molar-refractivity contribution is 7.47. The summed E-state index contributed by atoms with van der Waals surface area (Å²) < 4.78 is 35.2. The van der Waals surface area contributed by atoms with Crippen LogP contribution in [0.2, 0.25) is 0 Å². The number of esters is 1. The molecule has 0 heterocycles. The summed E-state index contributed by atoms with van der Waals surface area (Å²) in [4.78, 5) is 23.0. The second-order valence-electron chi connectivity index (χ2n) is 20.3. The monoisotopic (exact) mass is 941 g/mol. The van der Waals surface area contributed by atoms with Crippen molar-refractivity contribution in [3.63, 3.8) is 0 Å². The number of phosphoric ester groups is 1. The van der Waals surface area contributed by atoms with Crippen molar-refractivity contribution in [2.24, 2.45) is 0 Å². The van der Waals surface area contributed by atoms with E-state index in [-0.39, 0.29) is 25.8 Å². The standard InChI is InChI=1S/C56H110NO7P/c1-6-8-10-12-14-16-18-20-22-24-25-26-27-28-29-30-31-32-34-36-38-40-42-44-46-48-51-61-53-55(54-63-65(59,60)62-52-50-57(3,4)5)64-56(58)49-47-45-43-41-39-37-35-33-23-21-19-17-15-13-11-9-7-2/h21,23-25,55H,6-20,22,26-54H2,1-5H3/p+1/b23-21-,25-24-. The first-order valence-corrected chi connectivity index (χ1v) is 29.6. The van der Waals surface area contributed by atoms with E-state index in [1.807, 2.05) is 21.1 Å². The second kappa shape index (κ2) is 49.4. The quantitative estimate of drug-likeness (QED) is 0.0213. The molecular weight excluding hydrogens is 830 g/mol. The summed E-state index contributed by atoms with van der Waals surface area (Å²) in [5, 5.41) is 0. The molecule has 0 saturated carbocycles. The molecule has 9 heteroatoms. The van der Waals surface area contributed by atoms with E-state index in [2.05, 4.69) is 38.2 Å². The maximum absolute atomic E-state index is 12.8. The average molecular weight is 941 g/mol. The van der Waals surface area contributed by atoms with Gasteiger partial charge in [0.25, 0.3) is 0 Å². The summed E-state index contributed by atoms with van der Waals surface area (Å²) >= 11 is 0. The van der Waals surface area contributed by atoms with Gasteiger partial charge in [0.2, 0.25) is 0 Å². The number of unbranched alkanes of at least 4 members (excludes halogenated alkanes) is 35. The highest BCUT2D eigenvalue weighted by atomic mass is 31.2. The second-order valence-corrected chi connectivity index (χ2v) is 21.8. The minimum Gasteiger partial charge on any atom is -0.457 e. The zero-order chi connectivity index (χ0) is 47.6. The van der Waals surface area contributed by atoms with Crippen LogP contribution in [0.1, 0.15) is 271 Å². The zero-order valence-electron chi connectivity index (χ0n) is 44.0. The van der Waals surface area contributed by atoms with Crippen molar-refractivity contribution in [2.45, 2.75) is 277 Å². The van der Waals surface area contributed by atoms with E-state index in [0.717, 1.165) is 32.1 Å². The van der Waals surface area contributed by atoms with E-state index >= 15 is 0 Å².